The number of rotatable bonds is 4. The van der Waals surface area contributed by atoms with Crippen molar-refractivity contribution in [2.75, 3.05) is 18.4 Å². The molecule has 9 heteroatoms. The molecule has 1 heterocycles. The Kier molecular flexibility index (Phi) is 5.34. The van der Waals surface area contributed by atoms with Crippen LogP contribution in [0.2, 0.25) is 0 Å². The van der Waals surface area contributed by atoms with Crippen LogP contribution >= 0.6 is 0 Å². The molecule has 0 radical (unpaired) electrons. The zero-order valence-electron chi connectivity index (χ0n) is 15.4. The number of amides is 2. The quantitative estimate of drug-likeness (QED) is 0.736. The SMILES string of the molecule is CC(C)(C)NS(=O)(=O)c1ccccc1NC(=O)N1CCC(C)(C(=O)O)C1. The van der Waals surface area contributed by atoms with Gasteiger partial charge in [0.2, 0.25) is 10.0 Å². The van der Waals surface area contributed by atoms with E-state index in [2.05, 4.69) is 10.0 Å². The van der Waals surface area contributed by atoms with E-state index >= 15 is 0 Å². The van der Waals surface area contributed by atoms with Crippen molar-refractivity contribution < 1.29 is 23.1 Å². The second kappa shape index (κ2) is 6.88. The molecule has 2 amide bonds. The Morgan fingerprint density at radius 2 is 1.85 bits per heavy atom. The minimum Gasteiger partial charge on any atom is -0.481 e. The molecule has 0 aromatic heterocycles. The first-order chi connectivity index (χ1) is 11.8. The molecule has 26 heavy (non-hydrogen) atoms. The summed E-state index contributed by atoms with van der Waals surface area (Å²) in [6, 6.07) is 5.59. The minimum atomic E-state index is -3.83. The minimum absolute atomic E-state index is 0.0385. The summed E-state index contributed by atoms with van der Waals surface area (Å²) in [7, 11) is -3.83. The third-order valence-corrected chi connectivity index (χ3v) is 5.95. The highest BCUT2D eigenvalue weighted by atomic mass is 32.2. The maximum absolute atomic E-state index is 12.6. The van der Waals surface area contributed by atoms with E-state index < -0.39 is 33.0 Å². The second-order valence-electron chi connectivity index (χ2n) is 7.82. The number of aliphatic carboxylic acids is 1. The Labute approximate surface area is 153 Å². The lowest BCUT2D eigenvalue weighted by molar-refractivity contribution is -0.146. The Hall–Kier alpha value is -2.13. The van der Waals surface area contributed by atoms with Gasteiger partial charge in [-0.2, -0.15) is 0 Å². The number of sulfonamides is 1. The lowest BCUT2D eigenvalue weighted by Crippen LogP contribution is -2.41. The molecule has 1 aromatic rings. The van der Waals surface area contributed by atoms with Crippen molar-refractivity contribution in [1.82, 2.24) is 9.62 Å². The molecule has 0 spiro atoms. The van der Waals surface area contributed by atoms with Crippen molar-refractivity contribution in [1.29, 1.82) is 0 Å². The number of carboxylic acids is 1. The van der Waals surface area contributed by atoms with E-state index in [1.54, 1.807) is 39.8 Å². The van der Waals surface area contributed by atoms with Crippen LogP contribution in [0.4, 0.5) is 10.5 Å². The van der Waals surface area contributed by atoms with Gasteiger partial charge in [-0.05, 0) is 46.2 Å². The maximum atomic E-state index is 12.6. The van der Waals surface area contributed by atoms with E-state index in [4.69, 9.17) is 0 Å². The molecule has 0 saturated carbocycles. The van der Waals surface area contributed by atoms with Crippen molar-refractivity contribution in [3.05, 3.63) is 24.3 Å². The highest BCUT2D eigenvalue weighted by Crippen LogP contribution is 2.31. The molecule has 8 nitrogen and oxygen atoms in total. The number of hydrogen-bond acceptors (Lipinski definition) is 4. The van der Waals surface area contributed by atoms with E-state index in [0.717, 1.165) is 0 Å². The van der Waals surface area contributed by atoms with Gasteiger partial charge in [-0.15, -0.1) is 0 Å². The molecule has 1 aliphatic rings. The first-order valence-electron chi connectivity index (χ1n) is 8.26. The van der Waals surface area contributed by atoms with Crippen LogP contribution in [0.1, 0.15) is 34.1 Å². The van der Waals surface area contributed by atoms with Crippen LogP contribution in [0.5, 0.6) is 0 Å². The summed E-state index contributed by atoms with van der Waals surface area (Å²) >= 11 is 0. The Morgan fingerprint density at radius 1 is 1.23 bits per heavy atom. The predicted octanol–water partition coefficient (Wildman–Crippen LogP) is 2.09. The monoisotopic (exact) mass is 383 g/mol. The topological polar surface area (TPSA) is 116 Å². The van der Waals surface area contributed by atoms with Gasteiger partial charge in [0.1, 0.15) is 4.90 Å². The van der Waals surface area contributed by atoms with Gasteiger partial charge in [-0.3, -0.25) is 4.79 Å². The van der Waals surface area contributed by atoms with Gasteiger partial charge in [0.15, 0.2) is 0 Å². The number of likely N-dealkylation sites (tertiary alicyclic amines) is 1. The fourth-order valence-electron chi connectivity index (χ4n) is 2.77. The zero-order valence-corrected chi connectivity index (χ0v) is 16.2. The molecule has 0 bridgehead atoms. The average molecular weight is 383 g/mol. The fourth-order valence-corrected chi connectivity index (χ4v) is 4.35. The summed E-state index contributed by atoms with van der Waals surface area (Å²) in [5.41, 5.74) is -1.51. The summed E-state index contributed by atoms with van der Waals surface area (Å²) in [6.07, 6.45) is 0.348. The van der Waals surface area contributed by atoms with Crippen molar-refractivity contribution in [3.63, 3.8) is 0 Å². The molecular weight excluding hydrogens is 358 g/mol. The molecule has 1 saturated heterocycles. The molecule has 1 atom stereocenters. The number of carbonyl (C=O) groups excluding carboxylic acids is 1. The normalized spacial score (nSPS) is 20.8. The number of para-hydroxylation sites is 1. The van der Waals surface area contributed by atoms with Crippen molar-refractivity contribution in [2.24, 2.45) is 5.41 Å². The first kappa shape index (κ1) is 20.2. The highest BCUT2D eigenvalue weighted by molar-refractivity contribution is 7.89. The molecule has 1 aromatic carbocycles. The lowest BCUT2D eigenvalue weighted by Gasteiger charge is -2.23. The smallest absolute Gasteiger partial charge is 0.321 e. The van der Waals surface area contributed by atoms with E-state index in [1.807, 2.05) is 0 Å². The molecular formula is C17H25N3O5S. The van der Waals surface area contributed by atoms with Crippen molar-refractivity contribution in [2.45, 2.75) is 44.6 Å². The number of carbonyl (C=O) groups is 2. The molecule has 144 valence electrons. The molecule has 1 aliphatic heterocycles. The van der Waals surface area contributed by atoms with Crippen LogP contribution in [-0.2, 0) is 14.8 Å². The van der Waals surface area contributed by atoms with Gasteiger partial charge in [0.05, 0.1) is 11.1 Å². The number of urea groups is 1. The molecule has 2 rings (SSSR count). The molecule has 0 aliphatic carbocycles. The number of nitrogens with one attached hydrogen (secondary N) is 2. The van der Waals surface area contributed by atoms with Crippen molar-refractivity contribution in [3.8, 4) is 0 Å². The highest BCUT2D eigenvalue weighted by Gasteiger charge is 2.42. The maximum Gasteiger partial charge on any atom is 0.321 e. The third-order valence-electron chi connectivity index (χ3n) is 4.14. The number of benzene rings is 1. The summed E-state index contributed by atoms with van der Waals surface area (Å²) in [5, 5.41) is 11.9. The van der Waals surface area contributed by atoms with Crippen LogP contribution in [0, 0.1) is 5.41 Å². The number of anilines is 1. The van der Waals surface area contributed by atoms with Crippen LogP contribution in [0.25, 0.3) is 0 Å². The lowest BCUT2D eigenvalue weighted by atomic mass is 9.90. The predicted molar refractivity (Wildman–Crippen MR) is 97.5 cm³/mol. The first-order valence-corrected chi connectivity index (χ1v) is 9.75. The molecule has 1 fully saturated rings. The van der Waals surface area contributed by atoms with Gasteiger partial charge >= 0.3 is 12.0 Å². The zero-order chi connectivity index (χ0) is 19.8. The fraction of sp³-hybridized carbons (Fsp3) is 0.529. The summed E-state index contributed by atoms with van der Waals surface area (Å²) in [6.45, 7) is 7.13. The van der Waals surface area contributed by atoms with Crippen LogP contribution < -0.4 is 10.0 Å². The number of nitrogens with zero attached hydrogens (tertiary/aromatic N) is 1. The second-order valence-corrected chi connectivity index (χ2v) is 9.47. The summed E-state index contributed by atoms with van der Waals surface area (Å²) < 4.78 is 27.8. The van der Waals surface area contributed by atoms with Crippen LogP contribution in [0.3, 0.4) is 0 Å². The summed E-state index contributed by atoms with van der Waals surface area (Å²) in [4.78, 5) is 25.2. The Bertz CT molecular complexity index is 816. The summed E-state index contributed by atoms with van der Waals surface area (Å²) in [5.74, 6) is -0.954. The number of hydrogen-bond donors (Lipinski definition) is 3. The molecule has 3 N–H and O–H groups in total. The number of carboxylic acid groups (broad SMARTS) is 1. The average Bonchev–Trinajstić information content (AvgIpc) is 2.89. The van der Waals surface area contributed by atoms with Gasteiger partial charge in [-0.25, -0.2) is 17.9 Å². The largest absolute Gasteiger partial charge is 0.481 e. The Morgan fingerprint density at radius 3 is 2.38 bits per heavy atom. The van der Waals surface area contributed by atoms with E-state index in [1.165, 1.54) is 17.0 Å². The van der Waals surface area contributed by atoms with Crippen molar-refractivity contribution >= 4 is 27.7 Å². The molecule has 1 unspecified atom stereocenters. The van der Waals surface area contributed by atoms with Gasteiger partial charge in [-0.1, -0.05) is 12.1 Å². The van der Waals surface area contributed by atoms with E-state index in [0.29, 0.717) is 13.0 Å². The van der Waals surface area contributed by atoms with Gasteiger partial charge < -0.3 is 15.3 Å². The van der Waals surface area contributed by atoms with Crippen LogP contribution in [0.15, 0.2) is 29.2 Å². The van der Waals surface area contributed by atoms with E-state index in [9.17, 15) is 23.1 Å². The van der Waals surface area contributed by atoms with Gasteiger partial charge in [0.25, 0.3) is 0 Å². The Balaban J connectivity index is 2.21. The van der Waals surface area contributed by atoms with Gasteiger partial charge in [0, 0.05) is 18.6 Å². The standard InChI is InChI=1S/C17H25N3O5S/c1-16(2,3)19-26(24,25)13-8-6-5-7-12(13)18-15(23)20-10-9-17(4,11-20)14(21)22/h5-8,19H,9-11H2,1-4H3,(H,18,23)(H,21,22). The van der Waals surface area contributed by atoms with Crippen LogP contribution in [-0.4, -0.2) is 49.1 Å². The van der Waals surface area contributed by atoms with E-state index in [-0.39, 0.29) is 17.1 Å². The third kappa shape index (κ3) is 4.53.